The first-order valence-corrected chi connectivity index (χ1v) is 3.16. The molecule has 0 radical (unpaired) electrons. The van der Waals surface area contributed by atoms with Crippen LogP contribution in [0.3, 0.4) is 0 Å². The third-order valence-electron chi connectivity index (χ3n) is 0.715. The van der Waals surface area contributed by atoms with Crippen molar-refractivity contribution in [2.24, 2.45) is 5.73 Å². The van der Waals surface area contributed by atoms with Gasteiger partial charge in [0.15, 0.2) is 5.11 Å². The Morgan fingerprint density at radius 2 is 2.60 bits per heavy atom. The monoisotopic (exact) mass is 175 g/mol. The second-order valence-electron chi connectivity index (χ2n) is 1.48. The highest BCUT2D eigenvalue weighted by atomic mass is 32.1. The van der Waals surface area contributed by atoms with Crippen LogP contribution < -0.4 is 11.1 Å². The average Bonchev–Trinajstić information content (AvgIpc) is 2.13. The fourth-order valence-electron chi connectivity index (χ4n) is 0.422. The quantitative estimate of drug-likeness (QED) is 0.401. The van der Waals surface area contributed by atoms with Gasteiger partial charge < -0.3 is 11.1 Å². The van der Waals surface area contributed by atoms with Crippen LogP contribution in [0, 0.1) is 0 Å². The third kappa shape index (κ3) is 1.85. The summed E-state index contributed by atoms with van der Waals surface area (Å²) in [6, 6.07) is 0. The van der Waals surface area contributed by atoms with Gasteiger partial charge in [-0.1, -0.05) is 0 Å². The van der Waals surface area contributed by atoms with Crippen molar-refractivity contribution in [3.05, 3.63) is 6.33 Å². The van der Waals surface area contributed by atoms with E-state index in [0.717, 1.165) is 0 Å². The molecule has 0 spiro atoms. The molecule has 0 aliphatic heterocycles. The lowest BCUT2D eigenvalue weighted by Crippen LogP contribution is -2.19. The molecule has 0 bridgehead atoms. The Morgan fingerprint density at radius 1 is 1.90 bits per heavy atom. The number of hydrogen-bond acceptors (Lipinski definition) is 4. The van der Waals surface area contributed by atoms with Gasteiger partial charge in [-0.2, -0.15) is 9.07 Å². The molecule has 0 aliphatic rings. The first-order valence-electron chi connectivity index (χ1n) is 2.36. The molecule has 3 N–H and O–H groups in total. The van der Waals surface area contributed by atoms with Crippen molar-refractivity contribution in [3.8, 4) is 0 Å². The summed E-state index contributed by atoms with van der Waals surface area (Å²) < 4.78 is 1.25. The first kappa shape index (κ1) is 7.29. The van der Waals surface area contributed by atoms with E-state index in [2.05, 4.69) is 40.4 Å². The summed E-state index contributed by atoms with van der Waals surface area (Å²) in [4.78, 5) is 3.75. The van der Waals surface area contributed by atoms with Crippen molar-refractivity contribution in [3.63, 3.8) is 0 Å². The molecule has 5 nitrogen and oxygen atoms in total. The Balaban J connectivity index is 2.67. The lowest BCUT2D eigenvalue weighted by Gasteiger charge is -1.93. The number of nitrogens with zero attached hydrogens (tertiary/aromatic N) is 3. The molecule has 0 atom stereocenters. The van der Waals surface area contributed by atoms with Crippen LogP contribution in [-0.2, 0) is 0 Å². The van der Waals surface area contributed by atoms with Gasteiger partial charge in [-0.15, -0.1) is 5.10 Å². The van der Waals surface area contributed by atoms with E-state index in [0.29, 0.717) is 5.95 Å². The number of thiocarbonyl (C=S) groups is 1. The van der Waals surface area contributed by atoms with Crippen LogP contribution in [0.2, 0.25) is 0 Å². The molecule has 1 rings (SSSR count). The van der Waals surface area contributed by atoms with Crippen LogP contribution in [-0.4, -0.2) is 19.3 Å². The second kappa shape index (κ2) is 2.84. The highest BCUT2D eigenvalue weighted by Gasteiger charge is 1.96. The van der Waals surface area contributed by atoms with Crippen molar-refractivity contribution in [2.75, 3.05) is 5.32 Å². The topological polar surface area (TPSA) is 68.8 Å². The molecule has 0 fully saturated rings. The van der Waals surface area contributed by atoms with E-state index in [-0.39, 0.29) is 5.11 Å². The molecule has 54 valence electrons. The number of rotatable bonds is 1. The molecule has 1 aromatic heterocycles. The molecule has 0 saturated carbocycles. The molecule has 7 heteroatoms. The summed E-state index contributed by atoms with van der Waals surface area (Å²) in [7, 11) is 0. The molecule has 10 heavy (non-hydrogen) atoms. The number of nitrogens with one attached hydrogen (secondary N) is 1. The standard InChI is InChI=1S/C3H5N5S2/c4-2(9)6-3-5-1-8(10)7-3/h1,10H,(H3,4,6,7,9). The van der Waals surface area contributed by atoms with E-state index in [4.69, 9.17) is 5.73 Å². The van der Waals surface area contributed by atoms with E-state index in [9.17, 15) is 0 Å². The minimum Gasteiger partial charge on any atom is -0.376 e. The molecular formula is C3H5N5S2. The molecule has 0 aromatic carbocycles. The molecule has 0 aliphatic carbocycles. The molecule has 0 amide bonds. The smallest absolute Gasteiger partial charge is 0.249 e. The van der Waals surface area contributed by atoms with Crippen LogP contribution in [0.15, 0.2) is 6.33 Å². The predicted octanol–water partition coefficient (Wildman–Crippen LogP) is -0.373. The van der Waals surface area contributed by atoms with Crippen LogP contribution in [0.4, 0.5) is 5.95 Å². The van der Waals surface area contributed by atoms with Crippen LogP contribution >= 0.6 is 25.0 Å². The number of nitrogens with two attached hydrogens (primary N) is 1. The Morgan fingerprint density at radius 3 is 3.00 bits per heavy atom. The van der Waals surface area contributed by atoms with E-state index in [1.807, 2.05) is 0 Å². The number of thiol groups is 1. The largest absolute Gasteiger partial charge is 0.376 e. The van der Waals surface area contributed by atoms with Crippen LogP contribution in [0.1, 0.15) is 0 Å². The summed E-state index contributed by atoms with van der Waals surface area (Å²) in [5.74, 6) is 0.350. The van der Waals surface area contributed by atoms with Crippen LogP contribution in [0.25, 0.3) is 0 Å². The minimum atomic E-state index is 0.138. The number of aromatic nitrogens is 3. The molecule has 0 saturated heterocycles. The Kier molecular flexibility index (Phi) is 2.07. The molecular weight excluding hydrogens is 170 g/mol. The highest BCUT2D eigenvalue weighted by molar-refractivity contribution is 7.80. The highest BCUT2D eigenvalue weighted by Crippen LogP contribution is 1.95. The Hall–Kier alpha value is -0.820. The van der Waals surface area contributed by atoms with Crippen LogP contribution in [0.5, 0.6) is 0 Å². The van der Waals surface area contributed by atoms with E-state index >= 15 is 0 Å². The number of hydrogen-bond donors (Lipinski definition) is 3. The van der Waals surface area contributed by atoms with Crippen molar-refractivity contribution in [1.82, 2.24) is 14.2 Å². The van der Waals surface area contributed by atoms with Crippen molar-refractivity contribution >= 4 is 36.1 Å². The van der Waals surface area contributed by atoms with Crippen molar-refractivity contribution in [2.45, 2.75) is 0 Å². The van der Waals surface area contributed by atoms with Gasteiger partial charge in [0.25, 0.3) is 0 Å². The summed E-state index contributed by atoms with van der Waals surface area (Å²) in [5, 5.41) is 6.42. The normalized spacial score (nSPS) is 9.30. The molecule has 1 aromatic rings. The summed E-state index contributed by atoms with van der Waals surface area (Å²) in [6.45, 7) is 0. The van der Waals surface area contributed by atoms with Gasteiger partial charge in [0, 0.05) is 0 Å². The van der Waals surface area contributed by atoms with Gasteiger partial charge in [0.2, 0.25) is 5.95 Å². The van der Waals surface area contributed by atoms with Crippen molar-refractivity contribution in [1.29, 1.82) is 0 Å². The predicted molar refractivity (Wildman–Crippen MR) is 44.8 cm³/mol. The maximum atomic E-state index is 5.14. The maximum absolute atomic E-state index is 5.14. The van der Waals surface area contributed by atoms with E-state index in [1.165, 1.54) is 10.4 Å². The lowest BCUT2D eigenvalue weighted by atomic mass is 10.9. The summed E-state index contributed by atoms with van der Waals surface area (Å²) in [5.41, 5.74) is 5.14. The SMILES string of the molecule is NC(=S)Nc1ncn(S)n1. The maximum Gasteiger partial charge on any atom is 0.249 e. The third-order valence-corrected chi connectivity index (χ3v) is 1.01. The first-order chi connectivity index (χ1) is 4.68. The zero-order valence-electron chi connectivity index (χ0n) is 4.85. The van der Waals surface area contributed by atoms with E-state index < -0.39 is 0 Å². The van der Waals surface area contributed by atoms with Gasteiger partial charge >= 0.3 is 0 Å². The zero-order chi connectivity index (χ0) is 7.56. The fraction of sp³-hybridized carbons (Fsp3) is 0. The Labute approximate surface area is 68.2 Å². The summed E-state index contributed by atoms with van der Waals surface area (Å²) >= 11 is 8.39. The zero-order valence-corrected chi connectivity index (χ0v) is 6.56. The summed E-state index contributed by atoms with van der Waals surface area (Å²) in [6.07, 6.45) is 1.42. The van der Waals surface area contributed by atoms with Gasteiger partial charge in [-0.05, 0) is 25.0 Å². The van der Waals surface area contributed by atoms with Gasteiger partial charge in [-0.3, -0.25) is 0 Å². The average molecular weight is 175 g/mol. The van der Waals surface area contributed by atoms with Gasteiger partial charge in [-0.25, -0.2) is 0 Å². The van der Waals surface area contributed by atoms with Crippen molar-refractivity contribution < 1.29 is 0 Å². The number of anilines is 1. The fourth-order valence-corrected chi connectivity index (χ4v) is 0.650. The second-order valence-corrected chi connectivity index (χ2v) is 2.33. The molecule has 0 unspecified atom stereocenters. The van der Waals surface area contributed by atoms with Gasteiger partial charge in [0.05, 0.1) is 0 Å². The molecule has 1 heterocycles. The minimum absolute atomic E-state index is 0.138. The van der Waals surface area contributed by atoms with E-state index in [1.54, 1.807) is 0 Å². The lowest BCUT2D eigenvalue weighted by molar-refractivity contribution is 1.02. The van der Waals surface area contributed by atoms with Gasteiger partial charge in [0.1, 0.15) is 6.33 Å². The Bertz CT molecular complexity index is 243.